The van der Waals surface area contributed by atoms with Gasteiger partial charge < -0.3 is 19.9 Å². The highest BCUT2D eigenvalue weighted by atomic mass is 16.5. The van der Waals surface area contributed by atoms with Gasteiger partial charge in [0.15, 0.2) is 11.4 Å². The minimum absolute atomic E-state index is 0.570. The molecule has 6 heteroatoms. The smallest absolute Gasteiger partial charge is 0.180 e. The molecule has 152 valence electrons. The van der Waals surface area contributed by atoms with Gasteiger partial charge in [0.05, 0.1) is 12.0 Å². The minimum atomic E-state index is 0.570. The number of nitrogens with two attached hydrogens (primary N) is 1. The third-order valence-electron chi connectivity index (χ3n) is 6.31. The van der Waals surface area contributed by atoms with Crippen molar-refractivity contribution in [3.63, 3.8) is 0 Å². The molecule has 2 aromatic carbocycles. The summed E-state index contributed by atoms with van der Waals surface area (Å²) in [5.41, 5.74) is 7.66. The van der Waals surface area contributed by atoms with Crippen LogP contribution < -0.4 is 15.4 Å². The lowest BCUT2D eigenvalue weighted by molar-refractivity contribution is 0.0727. The zero-order chi connectivity index (χ0) is 19.6. The number of anilines is 1. The highest BCUT2D eigenvalue weighted by Gasteiger charge is 2.34. The predicted octanol–water partition coefficient (Wildman–Crippen LogP) is 3.27. The second kappa shape index (κ2) is 8.05. The van der Waals surface area contributed by atoms with Crippen molar-refractivity contribution in [3.8, 4) is 5.75 Å². The van der Waals surface area contributed by atoms with Gasteiger partial charge in [0.25, 0.3) is 0 Å². The van der Waals surface area contributed by atoms with Gasteiger partial charge in [0.2, 0.25) is 0 Å². The maximum Gasteiger partial charge on any atom is 0.180 e. The monoisotopic (exact) mass is 392 g/mol. The molecule has 6 nitrogen and oxygen atoms in total. The van der Waals surface area contributed by atoms with Crippen molar-refractivity contribution in [1.29, 1.82) is 0 Å². The van der Waals surface area contributed by atoms with E-state index in [1.165, 1.54) is 12.8 Å². The Kier molecular flexibility index (Phi) is 5.12. The molecule has 2 saturated heterocycles. The van der Waals surface area contributed by atoms with E-state index in [0.717, 1.165) is 60.9 Å². The number of hydrogen-bond acceptors (Lipinski definition) is 6. The van der Waals surface area contributed by atoms with Crippen LogP contribution in [0.2, 0.25) is 0 Å². The zero-order valence-corrected chi connectivity index (χ0v) is 16.7. The number of hydrogen-bond donors (Lipinski definition) is 1. The fourth-order valence-electron chi connectivity index (χ4n) is 4.62. The maximum absolute atomic E-state index is 6.05. The first kappa shape index (κ1) is 18.5. The highest BCUT2D eigenvalue weighted by Crippen LogP contribution is 2.31. The van der Waals surface area contributed by atoms with Gasteiger partial charge in [-0.15, -0.1) is 0 Å². The first-order valence-electron chi connectivity index (χ1n) is 10.6. The van der Waals surface area contributed by atoms with Crippen molar-refractivity contribution in [2.24, 2.45) is 11.7 Å². The van der Waals surface area contributed by atoms with Crippen LogP contribution in [0.1, 0.15) is 18.4 Å². The first-order valence-corrected chi connectivity index (χ1v) is 10.6. The first-order chi connectivity index (χ1) is 14.3. The van der Waals surface area contributed by atoms with Crippen molar-refractivity contribution < 1.29 is 9.26 Å². The van der Waals surface area contributed by atoms with E-state index in [2.05, 4.69) is 21.0 Å². The standard InChI is InChI=1S/C23H28N4O2/c24-13-17-6-9-20(10-7-17)28-16-18-5-8-19-15-27(12-11-26(19)14-18)23-21-3-1-2-4-22(21)29-25-23/h1-4,6-7,9-10,18-19H,5,8,11-16,24H2/t18-,19+/m1/s1. The Labute approximate surface area is 171 Å². The summed E-state index contributed by atoms with van der Waals surface area (Å²) >= 11 is 0. The van der Waals surface area contributed by atoms with Crippen LogP contribution in [0, 0.1) is 5.92 Å². The molecule has 2 atom stereocenters. The van der Waals surface area contributed by atoms with E-state index in [4.69, 9.17) is 15.0 Å². The van der Waals surface area contributed by atoms with Crippen LogP contribution in [-0.4, -0.2) is 48.9 Å². The van der Waals surface area contributed by atoms with Gasteiger partial charge in [-0.25, -0.2) is 0 Å². The summed E-state index contributed by atoms with van der Waals surface area (Å²) in [7, 11) is 0. The van der Waals surface area contributed by atoms with Gasteiger partial charge in [0, 0.05) is 44.7 Å². The van der Waals surface area contributed by atoms with Crippen LogP contribution in [-0.2, 0) is 6.54 Å². The van der Waals surface area contributed by atoms with E-state index in [0.29, 0.717) is 18.5 Å². The number of aromatic nitrogens is 1. The third-order valence-corrected chi connectivity index (χ3v) is 6.31. The summed E-state index contributed by atoms with van der Waals surface area (Å²) in [6.07, 6.45) is 2.40. The highest BCUT2D eigenvalue weighted by molar-refractivity contribution is 5.88. The van der Waals surface area contributed by atoms with E-state index in [1.54, 1.807) is 0 Å². The molecule has 3 heterocycles. The quantitative estimate of drug-likeness (QED) is 0.719. The fraction of sp³-hybridized carbons (Fsp3) is 0.435. The summed E-state index contributed by atoms with van der Waals surface area (Å²) in [4.78, 5) is 5.02. The third kappa shape index (κ3) is 3.82. The molecule has 3 aromatic rings. The second-order valence-corrected chi connectivity index (χ2v) is 8.20. The Hall–Kier alpha value is -2.57. The number of piperidine rings is 1. The molecule has 2 aliphatic heterocycles. The van der Waals surface area contributed by atoms with Gasteiger partial charge >= 0.3 is 0 Å². The fourth-order valence-corrected chi connectivity index (χ4v) is 4.62. The Morgan fingerprint density at radius 1 is 1.03 bits per heavy atom. The van der Waals surface area contributed by atoms with Crippen LogP contribution in [0.3, 0.4) is 0 Å². The molecular weight excluding hydrogens is 364 g/mol. The molecule has 2 aliphatic rings. The summed E-state index contributed by atoms with van der Waals surface area (Å²) in [5.74, 6) is 2.51. The van der Waals surface area contributed by atoms with Crippen LogP contribution in [0.5, 0.6) is 5.75 Å². The molecular formula is C23H28N4O2. The van der Waals surface area contributed by atoms with Gasteiger partial charge in [-0.2, -0.15) is 0 Å². The van der Waals surface area contributed by atoms with Gasteiger partial charge in [-0.1, -0.05) is 29.4 Å². The minimum Gasteiger partial charge on any atom is -0.493 e. The average Bonchev–Trinajstić information content (AvgIpc) is 3.22. The predicted molar refractivity (Wildman–Crippen MR) is 114 cm³/mol. The average molecular weight is 393 g/mol. The number of para-hydroxylation sites is 1. The van der Waals surface area contributed by atoms with Crippen LogP contribution in [0.15, 0.2) is 53.1 Å². The Balaban J connectivity index is 1.17. The summed E-state index contributed by atoms with van der Waals surface area (Å²) in [6, 6.07) is 16.8. The molecule has 2 fully saturated rings. The van der Waals surface area contributed by atoms with Crippen molar-refractivity contribution in [2.45, 2.75) is 25.4 Å². The molecule has 5 rings (SSSR count). The largest absolute Gasteiger partial charge is 0.493 e. The molecule has 0 spiro atoms. The maximum atomic E-state index is 6.05. The Morgan fingerprint density at radius 2 is 1.90 bits per heavy atom. The SMILES string of the molecule is NCc1ccc(OC[C@@H]2CC[C@H]3CN(c4noc5ccccc45)CCN3C2)cc1. The van der Waals surface area contributed by atoms with E-state index in [9.17, 15) is 0 Å². The zero-order valence-electron chi connectivity index (χ0n) is 16.7. The number of piperazine rings is 1. The summed E-state index contributed by atoms with van der Waals surface area (Å²) in [6.45, 7) is 5.53. The van der Waals surface area contributed by atoms with Crippen molar-refractivity contribution in [1.82, 2.24) is 10.1 Å². The molecule has 2 N–H and O–H groups in total. The van der Waals surface area contributed by atoms with E-state index in [-0.39, 0.29) is 0 Å². The molecule has 0 amide bonds. The molecule has 1 aromatic heterocycles. The Morgan fingerprint density at radius 3 is 2.76 bits per heavy atom. The summed E-state index contributed by atoms with van der Waals surface area (Å²) < 4.78 is 11.6. The molecule has 0 saturated carbocycles. The molecule has 29 heavy (non-hydrogen) atoms. The normalized spacial score (nSPS) is 22.6. The van der Waals surface area contributed by atoms with Crippen LogP contribution >= 0.6 is 0 Å². The van der Waals surface area contributed by atoms with Gasteiger partial charge in [-0.05, 0) is 42.7 Å². The molecule has 0 radical (unpaired) electrons. The van der Waals surface area contributed by atoms with Crippen molar-refractivity contribution in [2.75, 3.05) is 37.7 Å². The van der Waals surface area contributed by atoms with E-state index < -0.39 is 0 Å². The number of fused-ring (bicyclic) bond motifs is 2. The van der Waals surface area contributed by atoms with Crippen molar-refractivity contribution in [3.05, 3.63) is 54.1 Å². The topological polar surface area (TPSA) is 67.8 Å². The van der Waals surface area contributed by atoms with E-state index >= 15 is 0 Å². The lowest BCUT2D eigenvalue weighted by atomic mass is 9.91. The number of rotatable bonds is 5. The number of benzene rings is 2. The van der Waals surface area contributed by atoms with Gasteiger partial charge in [0.1, 0.15) is 5.75 Å². The lowest BCUT2D eigenvalue weighted by Crippen LogP contribution is -2.57. The number of nitrogens with zero attached hydrogens (tertiary/aromatic N) is 3. The molecule has 0 unspecified atom stereocenters. The molecule has 0 aliphatic carbocycles. The summed E-state index contributed by atoms with van der Waals surface area (Å²) in [5, 5.41) is 5.47. The van der Waals surface area contributed by atoms with Gasteiger partial charge in [-0.3, -0.25) is 4.90 Å². The second-order valence-electron chi connectivity index (χ2n) is 8.20. The van der Waals surface area contributed by atoms with E-state index in [1.807, 2.05) is 42.5 Å². The lowest BCUT2D eigenvalue weighted by Gasteiger charge is -2.46. The van der Waals surface area contributed by atoms with Crippen LogP contribution in [0.4, 0.5) is 5.82 Å². The number of ether oxygens (including phenoxy) is 1. The Bertz CT molecular complexity index is 955. The molecule has 0 bridgehead atoms. The van der Waals surface area contributed by atoms with Crippen LogP contribution in [0.25, 0.3) is 11.0 Å². The van der Waals surface area contributed by atoms with Crippen molar-refractivity contribution >= 4 is 16.8 Å².